The Labute approximate surface area is 142 Å². The van der Waals surface area contributed by atoms with Gasteiger partial charge in [-0.25, -0.2) is 4.79 Å². The number of hydrogen-bond acceptors (Lipinski definition) is 3. The molecular formula is C18H25N3O3. The summed E-state index contributed by atoms with van der Waals surface area (Å²) >= 11 is 0. The average molecular weight is 331 g/mol. The predicted octanol–water partition coefficient (Wildman–Crippen LogP) is 2.31. The zero-order valence-corrected chi connectivity index (χ0v) is 14.7. The smallest absolute Gasteiger partial charge is 0.332 e. The van der Waals surface area contributed by atoms with E-state index in [1.807, 2.05) is 31.2 Å². The molecule has 1 unspecified atom stereocenters. The Bertz CT molecular complexity index is 625. The summed E-state index contributed by atoms with van der Waals surface area (Å²) in [5.74, 6) is -0.174. The van der Waals surface area contributed by atoms with Crippen LogP contribution in [0.1, 0.15) is 32.8 Å². The highest BCUT2D eigenvalue weighted by Gasteiger charge is 2.43. The van der Waals surface area contributed by atoms with Crippen molar-refractivity contribution in [2.75, 3.05) is 18.0 Å². The predicted molar refractivity (Wildman–Crippen MR) is 92.7 cm³/mol. The molecule has 1 heterocycles. The van der Waals surface area contributed by atoms with Crippen molar-refractivity contribution < 1.29 is 14.4 Å². The van der Waals surface area contributed by atoms with Crippen molar-refractivity contribution >= 4 is 23.5 Å². The second-order valence-electron chi connectivity index (χ2n) is 6.62. The summed E-state index contributed by atoms with van der Waals surface area (Å²) in [5.41, 5.74) is 1.74. The zero-order chi connectivity index (χ0) is 17.9. The Balaban J connectivity index is 2.04. The van der Waals surface area contributed by atoms with Crippen molar-refractivity contribution in [2.45, 2.75) is 40.2 Å². The van der Waals surface area contributed by atoms with Gasteiger partial charge in [-0.1, -0.05) is 31.5 Å². The molecule has 1 aliphatic rings. The molecule has 4 amide bonds. The van der Waals surface area contributed by atoms with Gasteiger partial charge in [0, 0.05) is 12.2 Å². The summed E-state index contributed by atoms with van der Waals surface area (Å²) < 4.78 is 0. The van der Waals surface area contributed by atoms with Crippen molar-refractivity contribution in [1.82, 2.24) is 10.2 Å². The molecule has 1 atom stereocenters. The lowest BCUT2D eigenvalue weighted by atomic mass is 10.1. The molecule has 0 bridgehead atoms. The summed E-state index contributed by atoms with van der Waals surface area (Å²) in [4.78, 5) is 39.4. The summed E-state index contributed by atoms with van der Waals surface area (Å²) in [6.07, 6.45) is 0.861. The van der Waals surface area contributed by atoms with Crippen LogP contribution in [-0.4, -0.2) is 41.9 Å². The van der Waals surface area contributed by atoms with Crippen LogP contribution in [-0.2, 0) is 9.59 Å². The highest BCUT2D eigenvalue weighted by Crippen LogP contribution is 2.25. The van der Waals surface area contributed by atoms with Crippen LogP contribution in [0.5, 0.6) is 0 Å². The van der Waals surface area contributed by atoms with Gasteiger partial charge in [-0.15, -0.1) is 0 Å². The topological polar surface area (TPSA) is 69.7 Å². The zero-order valence-electron chi connectivity index (χ0n) is 14.7. The van der Waals surface area contributed by atoms with Gasteiger partial charge in [-0.05, 0) is 38.3 Å². The minimum atomic E-state index is -0.608. The third kappa shape index (κ3) is 3.93. The van der Waals surface area contributed by atoms with Crippen molar-refractivity contribution in [1.29, 1.82) is 0 Å². The third-order valence-corrected chi connectivity index (χ3v) is 4.11. The van der Waals surface area contributed by atoms with Crippen LogP contribution >= 0.6 is 0 Å². The molecule has 0 aliphatic carbocycles. The first-order chi connectivity index (χ1) is 11.3. The number of benzene rings is 1. The van der Waals surface area contributed by atoms with Crippen LogP contribution in [0, 0.1) is 12.8 Å². The van der Waals surface area contributed by atoms with Crippen LogP contribution in [0.4, 0.5) is 10.5 Å². The Kier molecular flexibility index (Phi) is 5.59. The molecule has 1 aromatic rings. The van der Waals surface area contributed by atoms with Gasteiger partial charge in [-0.2, -0.15) is 0 Å². The lowest BCUT2D eigenvalue weighted by Gasteiger charge is -2.19. The number of hydrogen-bond donors (Lipinski definition) is 1. The molecule has 1 saturated heterocycles. The Morgan fingerprint density at radius 1 is 1.21 bits per heavy atom. The normalized spacial score (nSPS) is 17.8. The van der Waals surface area contributed by atoms with Gasteiger partial charge in [0.05, 0.1) is 0 Å². The fraction of sp³-hybridized carbons (Fsp3) is 0.500. The lowest BCUT2D eigenvalue weighted by molar-refractivity contribution is -0.131. The molecule has 6 heteroatoms. The molecule has 1 fully saturated rings. The maximum atomic E-state index is 12.6. The number of rotatable bonds is 6. The maximum Gasteiger partial charge on any atom is 0.332 e. The van der Waals surface area contributed by atoms with Crippen LogP contribution in [0.15, 0.2) is 24.3 Å². The van der Waals surface area contributed by atoms with E-state index in [4.69, 9.17) is 0 Å². The van der Waals surface area contributed by atoms with E-state index in [0.29, 0.717) is 18.2 Å². The molecule has 0 spiro atoms. The fourth-order valence-electron chi connectivity index (χ4n) is 2.61. The minimum absolute atomic E-state index is 0.234. The molecule has 1 N–H and O–H groups in total. The molecule has 0 saturated carbocycles. The van der Waals surface area contributed by atoms with E-state index in [1.165, 1.54) is 4.90 Å². The van der Waals surface area contributed by atoms with Gasteiger partial charge in [0.15, 0.2) is 0 Å². The third-order valence-electron chi connectivity index (χ3n) is 4.11. The van der Waals surface area contributed by atoms with Gasteiger partial charge >= 0.3 is 6.03 Å². The van der Waals surface area contributed by atoms with Gasteiger partial charge in [0.2, 0.25) is 5.91 Å². The van der Waals surface area contributed by atoms with Gasteiger partial charge in [0.25, 0.3) is 5.91 Å². The van der Waals surface area contributed by atoms with E-state index in [1.54, 1.807) is 6.92 Å². The maximum absolute atomic E-state index is 12.6. The number of urea groups is 1. The summed E-state index contributed by atoms with van der Waals surface area (Å²) in [6, 6.07) is 6.34. The standard InChI is InChI=1S/C18H25N3O3/c1-12(2)9-10-19-16(22)11-20-17(23)14(4)21(18(20)24)15-7-5-13(3)6-8-15/h5-8,12,14H,9-11H2,1-4H3,(H,19,22). The van der Waals surface area contributed by atoms with Crippen LogP contribution < -0.4 is 10.2 Å². The highest BCUT2D eigenvalue weighted by atomic mass is 16.2. The summed E-state index contributed by atoms with van der Waals surface area (Å²) in [6.45, 7) is 8.09. The second kappa shape index (κ2) is 7.47. The molecule has 24 heavy (non-hydrogen) atoms. The van der Waals surface area contributed by atoms with Crippen molar-refractivity contribution in [3.63, 3.8) is 0 Å². The van der Waals surface area contributed by atoms with E-state index >= 15 is 0 Å². The Morgan fingerprint density at radius 2 is 1.83 bits per heavy atom. The molecule has 1 aliphatic heterocycles. The lowest BCUT2D eigenvalue weighted by Crippen LogP contribution is -2.41. The molecule has 6 nitrogen and oxygen atoms in total. The second-order valence-corrected chi connectivity index (χ2v) is 6.62. The molecule has 2 rings (SSSR count). The first-order valence-electron chi connectivity index (χ1n) is 8.29. The molecule has 130 valence electrons. The van der Waals surface area contributed by atoms with E-state index in [9.17, 15) is 14.4 Å². The number of carbonyl (C=O) groups excluding carboxylic acids is 3. The number of carbonyl (C=O) groups is 3. The fourth-order valence-corrected chi connectivity index (χ4v) is 2.61. The molecule has 0 aromatic heterocycles. The van der Waals surface area contributed by atoms with Crippen molar-refractivity contribution in [3.05, 3.63) is 29.8 Å². The van der Waals surface area contributed by atoms with Gasteiger partial charge < -0.3 is 5.32 Å². The van der Waals surface area contributed by atoms with Crippen molar-refractivity contribution in [2.24, 2.45) is 5.92 Å². The van der Waals surface area contributed by atoms with E-state index in [0.717, 1.165) is 16.9 Å². The minimum Gasteiger partial charge on any atom is -0.355 e. The van der Waals surface area contributed by atoms with Gasteiger partial charge in [0.1, 0.15) is 12.6 Å². The highest BCUT2D eigenvalue weighted by molar-refractivity contribution is 6.15. The number of aryl methyl sites for hydroxylation is 1. The Morgan fingerprint density at radius 3 is 2.42 bits per heavy atom. The number of nitrogens with one attached hydrogen (secondary N) is 1. The molecule has 1 aromatic carbocycles. The number of anilines is 1. The average Bonchev–Trinajstić information content (AvgIpc) is 2.72. The van der Waals surface area contributed by atoms with Crippen LogP contribution in [0.2, 0.25) is 0 Å². The SMILES string of the molecule is Cc1ccc(N2C(=O)N(CC(=O)NCCC(C)C)C(=O)C2C)cc1. The Hall–Kier alpha value is -2.37. The monoisotopic (exact) mass is 331 g/mol. The number of nitrogens with zero attached hydrogens (tertiary/aromatic N) is 2. The summed E-state index contributed by atoms with van der Waals surface area (Å²) in [7, 11) is 0. The van der Waals surface area contributed by atoms with Crippen molar-refractivity contribution in [3.8, 4) is 0 Å². The molecule has 0 radical (unpaired) electrons. The first kappa shape index (κ1) is 18.0. The largest absolute Gasteiger partial charge is 0.355 e. The van der Waals surface area contributed by atoms with Crippen LogP contribution in [0.25, 0.3) is 0 Å². The van der Waals surface area contributed by atoms with E-state index < -0.39 is 12.1 Å². The number of imide groups is 1. The first-order valence-corrected chi connectivity index (χ1v) is 8.29. The number of amides is 4. The van der Waals surface area contributed by atoms with Crippen LogP contribution in [0.3, 0.4) is 0 Å². The quantitative estimate of drug-likeness (QED) is 0.813. The van der Waals surface area contributed by atoms with E-state index in [2.05, 4.69) is 19.2 Å². The van der Waals surface area contributed by atoms with Gasteiger partial charge in [-0.3, -0.25) is 19.4 Å². The van der Waals surface area contributed by atoms with E-state index in [-0.39, 0.29) is 18.4 Å². The summed E-state index contributed by atoms with van der Waals surface area (Å²) in [5, 5.41) is 2.76. The molecular weight excluding hydrogens is 306 g/mol.